The first-order chi connectivity index (χ1) is 13.9. The van der Waals surface area contributed by atoms with Crippen molar-refractivity contribution in [3.63, 3.8) is 0 Å². The molecule has 6 nitrogen and oxygen atoms in total. The maximum Gasteiger partial charge on any atom is 0.338 e. The van der Waals surface area contributed by atoms with Gasteiger partial charge in [-0.3, -0.25) is 4.79 Å². The number of aromatic nitrogens is 2. The van der Waals surface area contributed by atoms with Crippen LogP contribution in [0, 0.1) is 12.7 Å². The summed E-state index contributed by atoms with van der Waals surface area (Å²) in [6.07, 6.45) is 0. The predicted octanol–water partition coefficient (Wildman–Crippen LogP) is 2.89. The van der Waals surface area contributed by atoms with E-state index in [-0.39, 0.29) is 24.2 Å². The summed E-state index contributed by atoms with van der Waals surface area (Å²) in [7, 11) is 0. The highest BCUT2D eigenvalue weighted by Crippen LogP contribution is 2.18. The van der Waals surface area contributed by atoms with Crippen LogP contribution in [0.4, 0.5) is 4.39 Å². The fourth-order valence-corrected chi connectivity index (χ4v) is 3.40. The molecule has 3 aromatic rings. The van der Waals surface area contributed by atoms with Crippen molar-refractivity contribution in [1.82, 2.24) is 9.88 Å². The average molecular weight is 398 g/mol. The zero-order valence-corrected chi connectivity index (χ0v) is 16.9. The van der Waals surface area contributed by atoms with Crippen LogP contribution in [0.1, 0.15) is 35.6 Å². The number of fused-ring (bicyclic) bond motifs is 1. The van der Waals surface area contributed by atoms with Crippen molar-refractivity contribution in [2.45, 2.75) is 40.4 Å². The van der Waals surface area contributed by atoms with E-state index in [1.807, 2.05) is 24.5 Å². The molecule has 1 amide bonds. The second kappa shape index (κ2) is 8.86. The van der Waals surface area contributed by atoms with E-state index < -0.39 is 0 Å². The third-order valence-electron chi connectivity index (χ3n) is 4.87. The third kappa shape index (κ3) is 4.45. The molecule has 1 aromatic heterocycles. The summed E-state index contributed by atoms with van der Waals surface area (Å²) in [5.74, 6) is 0.0548. The lowest BCUT2D eigenvalue weighted by molar-refractivity contribution is -0.674. The summed E-state index contributed by atoms with van der Waals surface area (Å²) in [6.45, 7) is 7.22. The molecular formula is C22H25FN3O3+. The Bertz CT molecular complexity index is 1040. The molecule has 2 aromatic carbocycles. The number of nitrogens with one attached hydrogen (secondary N) is 1. The molecule has 1 N–H and O–H groups in total. The van der Waals surface area contributed by atoms with Crippen LogP contribution in [-0.2, 0) is 29.2 Å². The molecule has 3 rings (SSSR count). The minimum absolute atomic E-state index is 0.114. The Morgan fingerprint density at radius 2 is 1.86 bits per heavy atom. The van der Waals surface area contributed by atoms with E-state index in [9.17, 15) is 14.0 Å². The van der Waals surface area contributed by atoms with Crippen LogP contribution in [0.25, 0.3) is 11.0 Å². The van der Waals surface area contributed by atoms with Crippen molar-refractivity contribution >= 4 is 22.9 Å². The van der Waals surface area contributed by atoms with Crippen LogP contribution in [0.3, 0.4) is 0 Å². The SMILES string of the molecule is CCOC(=O)c1ccc2c(c1)n(CC(=O)NCc1ccc(F)cc1)c(C)[n+]2CC. The lowest BCUT2D eigenvalue weighted by Gasteiger charge is -2.05. The molecule has 152 valence electrons. The lowest BCUT2D eigenvalue weighted by Crippen LogP contribution is -2.36. The first-order valence-electron chi connectivity index (χ1n) is 9.65. The van der Waals surface area contributed by atoms with Crippen molar-refractivity contribution in [3.05, 3.63) is 65.2 Å². The van der Waals surface area contributed by atoms with Crippen LogP contribution >= 0.6 is 0 Å². The maximum absolute atomic E-state index is 13.0. The number of amides is 1. The third-order valence-corrected chi connectivity index (χ3v) is 4.87. The first kappa shape index (κ1) is 20.5. The largest absolute Gasteiger partial charge is 0.462 e. The molecule has 0 unspecified atom stereocenters. The van der Waals surface area contributed by atoms with Crippen molar-refractivity contribution in [2.24, 2.45) is 0 Å². The molecule has 7 heteroatoms. The number of benzene rings is 2. The number of nitrogens with zero attached hydrogens (tertiary/aromatic N) is 2. The molecule has 29 heavy (non-hydrogen) atoms. The zero-order chi connectivity index (χ0) is 21.0. The summed E-state index contributed by atoms with van der Waals surface area (Å²) in [6, 6.07) is 11.4. The van der Waals surface area contributed by atoms with E-state index in [1.54, 1.807) is 31.2 Å². The Morgan fingerprint density at radius 1 is 1.14 bits per heavy atom. The minimum atomic E-state index is -0.386. The monoisotopic (exact) mass is 398 g/mol. The molecule has 1 heterocycles. The fraction of sp³-hybridized carbons (Fsp3) is 0.318. The highest BCUT2D eigenvalue weighted by atomic mass is 19.1. The fourth-order valence-electron chi connectivity index (χ4n) is 3.40. The molecule has 0 spiro atoms. The van der Waals surface area contributed by atoms with Gasteiger partial charge in [-0.2, -0.15) is 0 Å². The Labute approximate surface area is 168 Å². The van der Waals surface area contributed by atoms with Crippen molar-refractivity contribution < 1.29 is 23.3 Å². The van der Waals surface area contributed by atoms with E-state index in [4.69, 9.17) is 4.74 Å². The number of hydrogen-bond acceptors (Lipinski definition) is 3. The zero-order valence-electron chi connectivity index (χ0n) is 16.9. The number of ether oxygens (including phenoxy) is 1. The van der Waals surface area contributed by atoms with Crippen LogP contribution < -0.4 is 9.88 Å². The number of rotatable bonds is 7. The van der Waals surface area contributed by atoms with E-state index in [2.05, 4.69) is 9.88 Å². The first-order valence-corrected chi connectivity index (χ1v) is 9.65. The van der Waals surface area contributed by atoms with Gasteiger partial charge >= 0.3 is 5.97 Å². The van der Waals surface area contributed by atoms with Gasteiger partial charge in [-0.05, 0) is 43.7 Å². The Hall–Kier alpha value is -3.22. The number of halogens is 1. The molecule has 0 saturated heterocycles. The van der Waals surface area contributed by atoms with Gasteiger partial charge in [0.25, 0.3) is 11.7 Å². The number of carbonyl (C=O) groups is 2. The van der Waals surface area contributed by atoms with Crippen LogP contribution in [0.5, 0.6) is 0 Å². The summed E-state index contributed by atoms with van der Waals surface area (Å²) in [5.41, 5.74) is 3.02. The number of imidazole rings is 1. The van der Waals surface area contributed by atoms with E-state index in [1.165, 1.54) is 12.1 Å². The smallest absolute Gasteiger partial charge is 0.338 e. The van der Waals surface area contributed by atoms with Gasteiger partial charge in [-0.15, -0.1) is 0 Å². The standard InChI is InChI=1S/C22H24FN3O3/c1-4-25-15(3)26(14-21(27)24-13-16-6-9-18(23)10-7-16)20-12-17(8-11-19(20)25)22(28)29-5-2/h6-12H,4-5,13-14H2,1-3H3/p+1. The second-order valence-electron chi connectivity index (χ2n) is 6.70. The van der Waals surface area contributed by atoms with Gasteiger partial charge < -0.3 is 10.1 Å². The van der Waals surface area contributed by atoms with Gasteiger partial charge in [0.2, 0.25) is 0 Å². The van der Waals surface area contributed by atoms with Crippen LogP contribution in [-0.4, -0.2) is 23.1 Å². The Kier molecular flexibility index (Phi) is 6.26. The van der Waals surface area contributed by atoms with Gasteiger partial charge in [0.05, 0.1) is 18.7 Å². The summed E-state index contributed by atoms with van der Waals surface area (Å²) < 4.78 is 22.1. The van der Waals surface area contributed by atoms with Crippen molar-refractivity contribution in [1.29, 1.82) is 0 Å². The second-order valence-corrected chi connectivity index (χ2v) is 6.70. The normalized spacial score (nSPS) is 10.9. The highest BCUT2D eigenvalue weighted by Gasteiger charge is 2.24. The predicted molar refractivity (Wildman–Crippen MR) is 107 cm³/mol. The van der Waals surface area contributed by atoms with Crippen molar-refractivity contribution in [3.8, 4) is 0 Å². The van der Waals surface area contributed by atoms with Gasteiger partial charge in [0.1, 0.15) is 5.82 Å². The molecule has 0 bridgehead atoms. The Morgan fingerprint density at radius 3 is 2.52 bits per heavy atom. The maximum atomic E-state index is 13.0. The minimum Gasteiger partial charge on any atom is -0.462 e. The Balaban J connectivity index is 1.85. The molecule has 0 aliphatic heterocycles. The molecule has 0 atom stereocenters. The number of carbonyl (C=O) groups excluding carboxylic acids is 2. The van der Waals surface area contributed by atoms with Crippen LogP contribution in [0.15, 0.2) is 42.5 Å². The van der Waals surface area contributed by atoms with Gasteiger partial charge in [-0.1, -0.05) is 12.1 Å². The highest BCUT2D eigenvalue weighted by molar-refractivity contribution is 5.93. The van der Waals surface area contributed by atoms with E-state index >= 15 is 0 Å². The number of esters is 1. The van der Waals surface area contributed by atoms with Gasteiger partial charge in [0, 0.05) is 19.5 Å². The molecule has 0 aliphatic rings. The number of aryl methyl sites for hydroxylation is 1. The van der Waals surface area contributed by atoms with Crippen molar-refractivity contribution in [2.75, 3.05) is 6.61 Å². The summed E-state index contributed by atoms with van der Waals surface area (Å²) in [4.78, 5) is 24.7. The van der Waals surface area contributed by atoms with Crippen LogP contribution in [0.2, 0.25) is 0 Å². The molecule has 0 saturated carbocycles. The quantitative estimate of drug-likeness (QED) is 0.492. The summed E-state index contributed by atoms with van der Waals surface area (Å²) >= 11 is 0. The number of hydrogen-bond donors (Lipinski definition) is 1. The van der Waals surface area contributed by atoms with Gasteiger partial charge in [0.15, 0.2) is 17.6 Å². The topological polar surface area (TPSA) is 64.2 Å². The molecule has 0 aliphatic carbocycles. The van der Waals surface area contributed by atoms with Gasteiger partial charge in [-0.25, -0.2) is 18.3 Å². The molecule has 0 radical (unpaired) electrons. The molecule has 0 fully saturated rings. The van der Waals surface area contributed by atoms with E-state index in [0.717, 1.165) is 29.0 Å². The lowest BCUT2D eigenvalue weighted by atomic mass is 10.2. The molecular weight excluding hydrogens is 373 g/mol. The average Bonchev–Trinajstić information content (AvgIpc) is 2.98. The summed E-state index contributed by atoms with van der Waals surface area (Å²) in [5, 5.41) is 2.86. The van der Waals surface area contributed by atoms with E-state index in [0.29, 0.717) is 18.7 Å².